The topological polar surface area (TPSA) is 68.8 Å². The second kappa shape index (κ2) is 14.6. The highest BCUT2D eigenvalue weighted by atomic mass is 127. The number of carbonyl (C=O) groups excluding carboxylic acids is 1. The van der Waals surface area contributed by atoms with Gasteiger partial charge in [-0.2, -0.15) is 0 Å². The smallest absolute Gasteiger partial charge is 0.226 e. The van der Waals surface area contributed by atoms with Crippen molar-refractivity contribution in [2.24, 2.45) is 10.9 Å². The predicted molar refractivity (Wildman–Crippen MR) is 138 cm³/mol. The number of rotatable bonds is 9. The van der Waals surface area contributed by atoms with Gasteiger partial charge in [0.15, 0.2) is 5.96 Å². The third kappa shape index (κ3) is 9.64. The number of carbonyl (C=O) groups is 1. The normalized spacial score (nSPS) is 17.4. The summed E-state index contributed by atoms with van der Waals surface area (Å²) >= 11 is 0. The fourth-order valence-electron chi connectivity index (χ4n) is 3.47. The van der Waals surface area contributed by atoms with Crippen molar-refractivity contribution in [2.75, 3.05) is 31.5 Å². The molecular formula is C23H40IN5O. The van der Waals surface area contributed by atoms with E-state index in [1.165, 1.54) is 25.8 Å². The van der Waals surface area contributed by atoms with Crippen LogP contribution in [0.3, 0.4) is 0 Å². The minimum Gasteiger partial charge on any atom is -0.357 e. The molecule has 170 valence electrons. The van der Waals surface area contributed by atoms with Gasteiger partial charge >= 0.3 is 0 Å². The summed E-state index contributed by atoms with van der Waals surface area (Å²) < 4.78 is 0. The number of benzene rings is 1. The molecular weight excluding hydrogens is 489 g/mol. The maximum atomic E-state index is 11.8. The zero-order chi connectivity index (χ0) is 21.1. The van der Waals surface area contributed by atoms with Crippen LogP contribution in [0.5, 0.6) is 0 Å². The van der Waals surface area contributed by atoms with Crippen molar-refractivity contribution in [3.8, 4) is 0 Å². The average Bonchev–Trinajstić information content (AvgIpc) is 2.71. The molecule has 0 saturated carbocycles. The van der Waals surface area contributed by atoms with E-state index in [-0.39, 0.29) is 35.8 Å². The molecule has 1 fully saturated rings. The van der Waals surface area contributed by atoms with Crippen molar-refractivity contribution in [1.29, 1.82) is 0 Å². The minimum atomic E-state index is -0.0221. The standard InChI is InChI=1S/C23H39N5O.HI/c1-5-24-23(25-14-8-16-28-15-7-6-9-19(28)4)26-17-20-10-12-21(13-11-20)27-22(29)18(2)3;/h10-13,18-19H,5-9,14-17H2,1-4H3,(H,27,29)(H2,24,25,26);1H. The Bertz CT molecular complexity index is 647. The highest BCUT2D eigenvalue weighted by molar-refractivity contribution is 14.0. The summed E-state index contributed by atoms with van der Waals surface area (Å²) in [4.78, 5) is 19.1. The molecule has 1 aliphatic heterocycles. The lowest BCUT2D eigenvalue weighted by molar-refractivity contribution is -0.118. The number of aliphatic imine (C=N–C) groups is 1. The second-order valence-electron chi connectivity index (χ2n) is 8.20. The van der Waals surface area contributed by atoms with Crippen LogP contribution in [0.15, 0.2) is 29.3 Å². The summed E-state index contributed by atoms with van der Waals surface area (Å²) in [7, 11) is 0. The lowest BCUT2D eigenvalue weighted by Crippen LogP contribution is -2.41. The number of nitrogens with one attached hydrogen (secondary N) is 3. The molecule has 0 bridgehead atoms. The molecule has 0 radical (unpaired) electrons. The number of anilines is 1. The van der Waals surface area contributed by atoms with E-state index in [0.717, 1.165) is 49.3 Å². The van der Waals surface area contributed by atoms with Crippen LogP contribution >= 0.6 is 24.0 Å². The van der Waals surface area contributed by atoms with Crippen LogP contribution in [-0.2, 0) is 11.3 Å². The van der Waals surface area contributed by atoms with Gasteiger partial charge in [0, 0.05) is 37.3 Å². The molecule has 2 rings (SSSR count). The van der Waals surface area contributed by atoms with Gasteiger partial charge in [0.2, 0.25) is 5.91 Å². The van der Waals surface area contributed by atoms with Crippen molar-refractivity contribution < 1.29 is 4.79 Å². The summed E-state index contributed by atoms with van der Waals surface area (Å²) in [6.45, 7) is 13.0. The lowest BCUT2D eigenvalue weighted by atomic mass is 10.0. The molecule has 6 nitrogen and oxygen atoms in total. The second-order valence-corrected chi connectivity index (χ2v) is 8.20. The molecule has 1 saturated heterocycles. The van der Waals surface area contributed by atoms with Gasteiger partial charge in [-0.1, -0.05) is 32.4 Å². The third-order valence-corrected chi connectivity index (χ3v) is 5.36. The van der Waals surface area contributed by atoms with Gasteiger partial charge in [-0.3, -0.25) is 4.79 Å². The summed E-state index contributed by atoms with van der Waals surface area (Å²) in [5.74, 6) is 0.871. The molecule has 1 atom stereocenters. The molecule has 30 heavy (non-hydrogen) atoms. The van der Waals surface area contributed by atoms with E-state index < -0.39 is 0 Å². The summed E-state index contributed by atoms with van der Waals surface area (Å²) in [5, 5.41) is 9.68. The molecule has 0 aromatic heterocycles. The van der Waals surface area contributed by atoms with Crippen molar-refractivity contribution >= 4 is 41.5 Å². The zero-order valence-corrected chi connectivity index (χ0v) is 21.4. The Morgan fingerprint density at radius 2 is 1.93 bits per heavy atom. The van der Waals surface area contributed by atoms with Crippen molar-refractivity contribution in [2.45, 2.75) is 66.0 Å². The average molecular weight is 530 g/mol. The van der Waals surface area contributed by atoms with Crippen LogP contribution in [0.2, 0.25) is 0 Å². The fourth-order valence-corrected chi connectivity index (χ4v) is 3.47. The SMILES string of the molecule is CCNC(=NCc1ccc(NC(=O)C(C)C)cc1)NCCCN1CCCCC1C.I. The van der Waals surface area contributed by atoms with Crippen LogP contribution in [0, 0.1) is 5.92 Å². The molecule has 0 aliphatic carbocycles. The molecule has 1 aromatic carbocycles. The van der Waals surface area contributed by atoms with Crippen LogP contribution in [0.25, 0.3) is 0 Å². The first-order chi connectivity index (χ1) is 14.0. The maximum Gasteiger partial charge on any atom is 0.226 e. The largest absolute Gasteiger partial charge is 0.357 e. The Hall–Kier alpha value is -1.35. The van der Waals surface area contributed by atoms with E-state index in [1.54, 1.807) is 0 Å². The first kappa shape index (κ1) is 26.7. The highest BCUT2D eigenvalue weighted by Gasteiger charge is 2.17. The number of likely N-dealkylation sites (tertiary alicyclic amines) is 1. The number of guanidine groups is 1. The zero-order valence-electron chi connectivity index (χ0n) is 19.0. The van der Waals surface area contributed by atoms with Crippen molar-refractivity contribution in [1.82, 2.24) is 15.5 Å². The van der Waals surface area contributed by atoms with Gasteiger partial charge < -0.3 is 20.9 Å². The Kier molecular flexibility index (Phi) is 13.0. The first-order valence-corrected chi connectivity index (χ1v) is 11.2. The van der Waals surface area contributed by atoms with E-state index >= 15 is 0 Å². The van der Waals surface area contributed by atoms with Gasteiger partial charge in [0.1, 0.15) is 0 Å². The van der Waals surface area contributed by atoms with E-state index in [9.17, 15) is 4.79 Å². The fraction of sp³-hybridized carbons (Fsp3) is 0.652. The van der Waals surface area contributed by atoms with Gasteiger partial charge in [-0.05, 0) is 57.4 Å². The number of piperidine rings is 1. The quantitative estimate of drug-likeness (QED) is 0.194. The van der Waals surface area contributed by atoms with Gasteiger partial charge in [-0.25, -0.2) is 4.99 Å². The Morgan fingerprint density at radius 1 is 1.20 bits per heavy atom. The van der Waals surface area contributed by atoms with Crippen LogP contribution in [0.4, 0.5) is 5.69 Å². The number of amides is 1. The summed E-state index contributed by atoms with van der Waals surface area (Å²) in [5.41, 5.74) is 1.94. The van der Waals surface area contributed by atoms with Crippen molar-refractivity contribution in [3.63, 3.8) is 0 Å². The number of hydrogen-bond acceptors (Lipinski definition) is 3. The Balaban J connectivity index is 0.00000450. The molecule has 3 N–H and O–H groups in total. The lowest BCUT2D eigenvalue weighted by Gasteiger charge is -2.33. The molecule has 1 aliphatic rings. The molecule has 1 heterocycles. The number of hydrogen-bond donors (Lipinski definition) is 3. The molecule has 0 spiro atoms. The highest BCUT2D eigenvalue weighted by Crippen LogP contribution is 2.16. The predicted octanol–water partition coefficient (Wildman–Crippen LogP) is 4.22. The minimum absolute atomic E-state index is 0. The Morgan fingerprint density at radius 3 is 2.57 bits per heavy atom. The molecule has 1 amide bonds. The number of nitrogens with zero attached hydrogens (tertiary/aromatic N) is 2. The van der Waals surface area contributed by atoms with Crippen LogP contribution in [-0.4, -0.2) is 49.0 Å². The van der Waals surface area contributed by atoms with Crippen LogP contribution in [0.1, 0.15) is 58.9 Å². The molecule has 1 aromatic rings. The van der Waals surface area contributed by atoms with Crippen LogP contribution < -0.4 is 16.0 Å². The maximum absolute atomic E-state index is 11.8. The van der Waals surface area contributed by atoms with E-state index in [2.05, 4.69) is 34.7 Å². The molecule has 1 unspecified atom stereocenters. The summed E-state index contributed by atoms with van der Waals surface area (Å²) in [6, 6.07) is 8.62. The Labute approximate surface area is 199 Å². The van der Waals surface area contributed by atoms with E-state index in [1.807, 2.05) is 38.1 Å². The number of halogens is 1. The van der Waals surface area contributed by atoms with Crippen molar-refractivity contribution in [3.05, 3.63) is 29.8 Å². The van der Waals surface area contributed by atoms with Gasteiger partial charge in [0.05, 0.1) is 6.54 Å². The monoisotopic (exact) mass is 529 g/mol. The third-order valence-electron chi connectivity index (χ3n) is 5.36. The first-order valence-electron chi connectivity index (χ1n) is 11.2. The van der Waals surface area contributed by atoms with Gasteiger partial charge in [-0.15, -0.1) is 24.0 Å². The van der Waals surface area contributed by atoms with E-state index in [4.69, 9.17) is 4.99 Å². The van der Waals surface area contributed by atoms with Gasteiger partial charge in [0.25, 0.3) is 0 Å². The van der Waals surface area contributed by atoms with E-state index in [0.29, 0.717) is 6.54 Å². The summed E-state index contributed by atoms with van der Waals surface area (Å²) in [6.07, 6.45) is 5.16. The molecule has 7 heteroatoms.